The summed E-state index contributed by atoms with van der Waals surface area (Å²) in [4.78, 5) is 2.04. The van der Waals surface area contributed by atoms with Gasteiger partial charge in [0.15, 0.2) is 0 Å². The number of ether oxygens (including phenoxy) is 1. The molecule has 0 fully saturated rings. The fourth-order valence-corrected chi connectivity index (χ4v) is 4.72. The highest BCUT2D eigenvalue weighted by Gasteiger charge is 2.48. The smallest absolute Gasteiger partial charge is 0.492 e. The molecule has 9 heteroatoms. The van der Waals surface area contributed by atoms with Crippen molar-refractivity contribution >= 4 is 21.5 Å². The Hall–Kier alpha value is -2.42. The second kappa shape index (κ2) is 8.11. The average molecular weight is 486 g/mol. The third kappa shape index (κ3) is 4.65. The molecule has 2 aromatic carbocycles. The first kappa shape index (κ1) is 25.2. The van der Waals surface area contributed by atoms with Crippen LogP contribution in [0.4, 0.5) is 24.5 Å². The lowest BCUT2D eigenvalue weighted by Crippen LogP contribution is -2.28. The van der Waals surface area contributed by atoms with Gasteiger partial charge in [-0.15, -0.1) is 0 Å². The number of halogens is 3. The van der Waals surface area contributed by atoms with Gasteiger partial charge in [-0.25, -0.2) is 0 Å². The molecule has 0 amide bonds. The molecule has 0 saturated heterocycles. The molecule has 0 atom stereocenters. The van der Waals surface area contributed by atoms with Crippen LogP contribution in [0.1, 0.15) is 58.2 Å². The number of hydrogen-bond donors (Lipinski definition) is 0. The Morgan fingerprint density at radius 3 is 2.18 bits per heavy atom. The molecule has 0 N–H and O–H groups in total. The van der Waals surface area contributed by atoms with Gasteiger partial charge in [0, 0.05) is 34.5 Å². The molecule has 1 aliphatic heterocycles. The van der Waals surface area contributed by atoms with Crippen LogP contribution in [-0.4, -0.2) is 27.1 Å². The summed E-state index contributed by atoms with van der Waals surface area (Å²) < 4.78 is 70.8. The van der Waals surface area contributed by atoms with Crippen LogP contribution in [0.25, 0.3) is 0 Å². The summed E-state index contributed by atoms with van der Waals surface area (Å²) in [5.41, 5.74) is -0.862. The number of alkyl halides is 3. The van der Waals surface area contributed by atoms with Crippen LogP contribution in [0.3, 0.4) is 0 Å². The minimum atomic E-state index is -5.72. The van der Waals surface area contributed by atoms with E-state index in [1.54, 1.807) is 12.1 Å². The minimum Gasteiger partial charge on any atom is -0.492 e. The molecular weight excluding hydrogens is 455 g/mol. The third-order valence-electron chi connectivity index (χ3n) is 5.81. The zero-order valence-corrected chi connectivity index (χ0v) is 20.7. The first-order valence-corrected chi connectivity index (χ1v) is 12.1. The van der Waals surface area contributed by atoms with E-state index in [4.69, 9.17) is 4.74 Å². The predicted octanol–water partition coefficient (Wildman–Crippen LogP) is 6.35. The maximum Gasteiger partial charge on any atom is 0.534 e. The maximum atomic E-state index is 12.6. The average Bonchev–Trinajstić information content (AvgIpc) is 2.96. The van der Waals surface area contributed by atoms with E-state index < -0.39 is 21.4 Å². The molecule has 182 valence electrons. The minimum absolute atomic E-state index is 0.166. The molecule has 0 radical (unpaired) electrons. The van der Waals surface area contributed by atoms with E-state index in [-0.39, 0.29) is 10.8 Å². The zero-order valence-electron chi connectivity index (χ0n) is 19.9. The molecule has 0 aromatic heterocycles. The van der Waals surface area contributed by atoms with Crippen LogP contribution in [0.2, 0.25) is 0 Å². The number of nitrogens with zero attached hydrogens (tertiary/aromatic N) is 1. The number of hydrogen-bond acceptors (Lipinski definition) is 5. The predicted molar refractivity (Wildman–Crippen MR) is 123 cm³/mol. The summed E-state index contributed by atoms with van der Waals surface area (Å²) in [6.45, 7) is 15.9. The van der Waals surface area contributed by atoms with E-state index in [9.17, 15) is 21.6 Å². The van der Waals surface area contributed by atoms with Crippen molar-refractivity contribution in [2.75, 3.05) is 18.1 Å². The molecule has 2 aromatic rings. The van der Waals surface area contributed by atoms with E-state index >= 15 is 0 Å². The van der Waals surface area contributed by atoms with Crippen LogP contribution in [0, 0.1) is 6.92 Å². The van der Waals surface area contributed by atoms with Crippen LogP contribution >= 0.6 is 0 Å². The molecule has 0 spiro atoms. The lowest BCUT2D eigenvalue weighted by Gasteiger charge is -2.32. The second-order valence-corrected chi connectivity index (χ2v) is 11.5. The van der Waals surface area contributed by atoms with Gasteiger partial charge in [-0.3, -0.25) is 0 Å². The quantitative estimate of drug-likeness (QED) is 0.365. The van der Waals surface area contributed by atoms with Gasteiger partial charge in [-0.2, -0.15) is 21.6 Å². The van der Waals surface area contributed by atoms with Crippen LogP contribution in [0.5, 0.6) is 11.5 Å². The number of anilines is 2. The molecule has 0 bridgehead atoms. The fraction of sp³-hybridized carbons (Fsp3) is 0.500. The summed E-state index contributed by atoms with van der Waals surface area (Å²) in [6, 6.07) is 7.67. The van der Waals surface area contributed by atoms with Crippen molar-refractivity contribution in [1.82, 2.24) is 0 Å². The summed E-state index contributed by atoms with van der Waals surface area (Å²) in [6.07, 6.45) is 0. The summed E-state index contributed by atoms with van der Waals surface area (Å²) in [7, 11) is -5.72. The fourth-order valence-electron chi connectivity index (χ4n) is 4.26. The van der Waals surface area contributed by atoms with Crippen LogP contribution in [-0.2, 0) is 20.9 Å². The summed E-state index contributed by atoms with van der Waals surface area (Å²) in [5.74, 6) is 0.522. The zero-order chi connectivity index (χ0) is 25.0. The molecule has 1 heterocycles. The van der Waals surface area contributed by atoms with Crippen molar-refractivity contribution < 1.29 is 30.5 Å². The number of rotatable bonds is 5. The van der Waals surface area contributed by atoms with E-state index in [0.29, 0.717) is 18.8 Å². The van der Waals surface area contributed by atoms with Crippen LogP contribution in [0.15, 0.2) is 30.3 Å². The highest BCUT2D eigenvalue weighted by Crippen LogP contribution is 2.49. The first-order valence-electron chi connectivity index (χ1n) is 10.7. The Morgan fingerprint density at radius 2 is 1.70 bits per heavy atom. The summed E-state index contributed by atoms with van der Waals surface area (Å²) >= 11 is 0. The number of fused-ring (bicyclic) bond motifs is 1. The third-order valence-corrected chi connectivity index (χ3v) is 6.79. The number of benzene rings is 2. The highest BCUT2D eigenvalue weighted by atomic mass is 32.2. The SMILES string of the molecule is CCN(c1ccc(OS(=O)(=O)C(F)(F)F)cc1)c1cc2c(c(C(C)(C)C)c1C)OCC2(C)C. The van der Waals surface area contributed by atoms with E-state index in [0.717, 1.165) is 28.1 Å². The Morgan fingerprint density at radius 1 is 1.12 bits per heavy atom. The van der Waals surface area contributed by atoms with Crippen LogP contribution < -0.4 is 13.8 Å². The largest absolute Gasteiger partial charge is 0.534 e. The molecule has 5 nitrogen and oxygen atoms in total. The van der Waals surface area contributed by atoms with Gasteiger partial charge >= 0.3 is 15.6 Å². The molecule has 33 heavy (non-hydrogen) atoms. The monoisotopic (exact) mass is 485 g/mol. The lowest BCUT2D eigenvalue weighted by atomic mass is 9.77. The standard InChI is InChI=1S/C24H30F3NO4S/c1-8-28(16-9-11-17(12-10-16)32-33(29,30)24(25,26)27)19-13-18-21(31-14-23(18,6)7)20(15(19)2)22(3,4)5/h9-13H,8,14H2,1-7H3. The van der Waals surface area contributed by atoms with Gasteiger partial charge in [0.05, 0.1) is 6.61 Å². The molecular formula is C24H30F3NO4S. The van der Waals surface area contributed by atoms with Gasteiger partial charge in [-0.1, -0.05) is 34.6 Å². The van der Waals surface area contributed by atoms with Gasteiger partial charge in [0.25, 0.3) is 0 Å². The van der Waals surface area contributed by atoms with Gasteiger partial charge in [0.2, 0.25) is 0 Å². The van der Waals surface area contributed by atoms with Crippen molar-refractivity contribution in [1.29, 1.82) is 0 Å². The van der Waals surface area contributed by atoms with E-state index in [1.807, 2.05) is 18.7 Å². The van der Waals surface area contributed by atoms with E-state index in [2.05, 4.69) is 44.9 Å². The van der Waals surface area contributed by atoms with Crippen molar-refractivity contribution in [3.8, 4) is 11.5 Å². The molecule has 1 aliphatic rings. The van der Waals surface area contributed by atoms with Gasteiger partial charge in [0.1, 0.15) is 11.5 Å². The molecule has 0 saturated carbocycles. The Kier molecular flexibility index (Phi) is 6.20. The Labute approximate surface area is 193 Å². The summed E-state index contributed by atoms with van der Waals surface area (Å²) in [5, 5.41) is 0. The van der Waals surface area contributed by atoms with Crippen molar-refractivity contribution in [3.05, 3.63) is 47.0 Å². The van der Waals surface area contributed by atoms with E-state index in [1.165, 1.54) is 12.1 Å². The highest BCUT2D eigenvalue weighted by molar-refractivity contribution is 7.88. The maximum absolute atomic E-state index is 12.6. The van der Waals surface area contributed by atoms with Crippen molar-refractivity contribution in [2.45, 2.75) is 64.8 Å². The van der Waals surface area contributed by atoms with Gasteiger partial charge < -0.3 is 13.8 Å². The normalized spacial score (nSPS) is 15.7. The molecule has 0 unspecified atom stereocenters. The Balaban J connectivity index is 2.07. The topological polar surface area (TPSA) is 55.8 Å². The molecule has 0 aliphatic carbocycles. The van der Waals surface area contributed by atoms with Crippen molar-refractivity contribution in [3.63, 3.8) is 0 Å². The molecule has 3 rings (SSSR count). The Bertz CT molecular complexity index is 1150. The second-order valence-electron chi connectivity index (χ2n) is 9.92. The van der Waals surface area contributed by atoms with Gasteiger partial charge in [-0.05, 0) is 55.2 Å². The lowest BCUT2D eigenvalue weighted by molar-refractivity contribution is -0.0500. The van der Waals surface area contributed by atoms with Crippen molar-refractivity contribution in [2.24, 2.45) is 0 Å². The first-order chi connectivity index (χ1) is 15.0.